The molecule has 126 valence electrons. The van der Waals surface area contributed by atoms with E-state index in [4.69, 9.17) is 4.99 Å². The first-order valence-corrected chi connectivity index (χ1v) is 8.68. The number of nitrogens with zero attached hydrogens (tertiary/aromatic N) is 2. The van der Waals surface area contributed by atoms with E-state index >= 15 is 0 Å². The van der Waals surface area contributed by atoms with Crippen molar-refractivity contribution in [2.75, 3.05) is 6.54 Å². The number of rotatable bonds is 3. The number of hydrogen-bond donors (Lipinski definition) is 1. The van der Waals surface area contributed by atoms with Crippen LogP contribution in [0.4, 0.5) is 0 Å². The molecule has 1 heterocycles. The molecule has 3 nitrogen and oxygen atoms in total. The second-order valence-corrected chi connectivity index (χ2v) is 6.60. The molecular formula is C23H19N3. The summed E-state index contributed by atoms with van der Waals surface area (Å²) in [6.45, 7) is 2.78. The molecule has 0 spiro atoms. The Balaban J connectivity index is 1.86. The molecule has 1 N–H and O–H groups in total. The summed E-state index contributed by atoms with van der Waals surface area (Å²) < 4.78 is 0. The van der Waals surface area contributed by atoms with Crippen molar-refractivity contribution in [2.45, 2.75) is 12.5 Å². The summed E-state index contributed by atoms with van der Waals surface area (Å²) >= 11 is 0. The minimum Gasteiger partial charge on any atom is -0.367 e. The molecule has 1 aliphatic rings. The lowest BCUT2D eigenvalue weighted by Gasteiger charge is -2.26. The second kappa shape index (κ2) is 6.50. The van der Waals surface area contributed by atoms with Crippen molar-refractivity contribution in [3.63, 3.8) is 0 Å². The number of aryl methyl sites for hydroxylation is 1. The van der Waals surface area contributed by atoms with Crippen LogP contribution in [-0.2, 0) is 5.54 Å². The predicted molar refractivity (Wildman–Crippen MR) is 104 cm³/mol. The zero-order chi connectivity index (χ0) is 18.0. The second-order valence-electron chi connectivity index (χ2n) is 6.60. The lowest BCUT2D eigenvalue weighted by molar-refractivity contribution is 0.569. The number of benzene rings is 3. The Kier molecular flexibility index (Phi) is 4.02. The highest BCUT2D eigenvalue weighted by Crippen LogP contribution is 2.36. The van der Waals surface area contributed by atoms with Gasteiger partial charge in [0.15, 0.2) is 0 Å². The van der Waals surface area contributed by atoms with Gasteiger partial charge in [-0.3, -0.25) is 0 Å². The Morgan fingerprint density at radius 3 is 2.38 bits per heavy atom. The van der Waals surface area contributed by atoms with Crippen molar-refractivity contribution in [1.82, 2.24) is 5.32 Å². The first kappa shape index (κ1) is 16.1. The van der Waals surface area contributed by atoms with Crippen LogP contribution in [0, 0.1) is 18.3 Å². The lowest BCUT2D eigenvalue weighted by Crippen LogP contribution is -2.31. The van der Waals surface area contributed by atoms with Crippen LogP contribution >= 0.6 is 0 Å². The molecule has 0 radical (unpaired) electrons. The molecule has 3 aromatic rings. The van der Waals surface area contributed by atoms with Crippen LogP contribution < -0.4 is 5.32 Å². The van der Waals surface area contributed by atoms with Crippen LogP contribution in [-0.4, -0.2) is 12.4 Å². The fraction of sp³-hybridized carbons (Fsp3) is 0.130. The summed E-state index contributed by atoms with van der Waals surface area (Å²) in [5, 5.41) is 12.6. The molecule has 0 saturated heterocycles. The molecule has 0 bridgehead atoms. The third-order valence-electron chi connectivity index (χ3n) is 4.86. The molecule has 26 heavy (non-hydrogen) atoms. The normalized spacial score (nSPS) is 18.7. The van der Waals surface area contributed by atoms with Crippen LogP contribution in [0.25, 0.3) is 0 Å². The fourth-order valence-electron chi connectivity index (χ4n) is 3.43. The van der Waals surface area contributed by atoms with Gasteiger partial charge in [0, 0.05) is 12.1 Å². The standard InChI is InChI=1S/C23H19N3/c1-17-10-12-21(13-11-17)23(20-8-3-2-4-9-20)16-25-22(26-23)19-7-5-6-18(14-19)15-24/h2-14H,16H2,1H3,(H,25,26). The maximum absolute atomic E-state index is 9.18. The van der Waals surface area contributed by atoms with Crippen LogP contribution in [0.2, 0.25) is 0 Å². The van der Waals surface area contributed by atoms with Crippen molar-refractivity contribution in [3.8, 4) is 6.07 Å². The van der Waals surface area contributed by atoms with E-state index in [9.17, 15) is 5.26 Å². The Hall–Kier alpha value is -3.38. The minimum atomic E-state index is -0.465. The van der Waals surface area contributed by atoms with Gasteiger partial charge in [-0.15, -0.1) is 0 Å². The largest absolute Gasteiger partial charge is 0.367 e. The maximum Gasteiger partial charge on any atom is 0.130 e. The third-order valence-corrected chi connectivity index (χ3v) is 4.86. The van der Waals surface area contributed by atoms with Gasteiger partial charge in [-0.1, -0.05) is 72.3 Å². The molecule has 0 saturated carbocycles. The van der Waals surface area contributed by atoms with Gasteiger partial charge in [-0.2, -0.15) is 5.26 Å². The zero-order valence-electron chi connectivity index (χ0n) is 14.6. The average Bonchev–Trinajstić information content (AvgIpc) is 3.16. The smallest absolute Gasteiger partial charge is 0.130 e. The van der Waals surface area contributed by atoms with Crippen LogP contribution in [0.15, 0.2) is 83.9 Å². The monoisotopic (exact) mass is 337 g/mol. The number of aliphatic imine (C=N–C) groups is 1. The minimum absolute atomic E-state index is 0.465. The summed E-state index contributed by atoms with van der Waals surface area (Å²) in [5.74, 6) is 0.825. The highest BCUT2D eigenvalue weighted by atomic mass is 15.1. The molecule has 1 unspecified atom stereocenters. The van der Waals surface area contributed by atoms with Gasteiger partial charge in [0.1, 0.15) is 11.4 Å². The molecule has 4 rings (SSSR count). The van der Waals surface area contributed by atoms with E-state index in [-0.39, 0.29) is 0 Å². The SMILES string of the molecule is Cc1ccc(C2(c3ccccc3)CNC(c3cccc(C#N)c3)=N2)cc1. The summed E-state index contributed by atoms with van der Waals surface area (Å²) in [6.07, 6.45) is 0. The summed E-state index contributed by atoms with van der Waals surface area (Å²) in [4.78, 5) is 5.13. The van der Waals surface area contributed by atoms with E-state index in [0.29, 0.717) is 12.1 Å². The van der Waals surface area contributed by atoms with Gasteiger partial charge in [0.25, 0.3) is 0 Å². The molecule has 0 aliphatic carbocycles. The average molecular weight is 337 g/mol. The molecule has 0 aromatic heterocycles. The summed E-state index contributed by atoms with van der Waals surface area (Å²) in [6, 6.07) is 28.7. The fourth-order valence-corrected chi connectivity index (χ4v) is 3.43. The van der Waals surface area contributed by atoms with Crippen molar-refractivity contribution in [2.24, 2.45) is 4.99 Å². The summed E-state index contributed by atoms with van der Waals surface area (Å²) in [7, 11) is 0. The molecule has 3 aromatic carbocycles. The molecule has 0 amide bonds. The molecular weight excluding hydrogens is 318 g/mol. The molecule has 1 atom stereocenters. The lowest BCUT2D eigenvalue weighted by atomic mass is 9.83. The van der Waals surface area contributed by atoms with Crippen molar-refractivity contribution < 1.29 is 0 Å². The first-order chi connectivity index (χ1) is 12.7. The highest BCUT2D eigenvalue weighted by Gasteiger charge is 2.38. The van der Waals surface area contributed by atoms with E-state index in [2.05, 4.69) is 66.8 Å². The Labute approximate surface area is 153 Å². The number of amidine groups is 1. The van der Waals surface area contributed by atoms with Crippen molar-refractivity contribution in [1.29, 1.82) is 5.26 Å². The predicted octanol–water partition coefficient (Wildman–Crippen LogP) is 4.16. The molecule has 1 aliphatic heterocycles. The number of hydrogen-bond acceptors (Lipinski definition) is 3. The van der Waals surface area contributed by atoms with Crippen molar-refractivity contribution in [3.05, 3.63) is 107 Å². The van der Waals surface area contributed by atoms with E-state index in [1.54, 1.807) is 0 Å². The van der Waals surface area contributed by atoms with Gasteiger partial charge >= 0.3 is 0 Å². The van der Waals surface area contributed by atoms with E-state index in [0.717, 1.165) is 22.5 Å². The van der Waals surface area contributed by atoms with Gasteiger partial charge in [-0.05, 0) is 30.2 Å². The zero-order valence-corrected chi connectivity index (χ0v) is 14.6. The third kappa shape index (κ3) is 2.76. The Morgan fingerprint density at radius 2 is 1.65 bits per heavy atom. The first-order valence-electron chi connectivity index (χ1n) is 8.68. The van der Waals surface area contributed by atoms with E-state index in [1.165, 1.54) is 5.56 Å². The van der Waals surface area contributed by atoms with E-state index < -0.39 is 5.54 Å². The van der Waals surface area contributed by atoms with Crippen molar-refractivity contribution >= 4 is 5.84 Å². The van der Waals surface area contributed by atoms with Crippen LogP contribution in [0.3, 0.4) is 0 Å². The van der Waals surface area contributed by atoms with Crippen LogP contribution in [0.5, 0.6) is 0 Å². The Bertz CT molecular complexity index is 998. The summed E-state index contributed by atoms with van der Waals surface area (Å²) in [5.41, 5.74) is 4.66. The molecule has 0 fully saturated rings. The Morgan fingerprint density at radius 1 is 0.923 bits per heavy atom. The topological polar surface area (TPSA) is 48.2 Å². The highest BCUT2D eigenvalue weighted by molar-refractivity contribution is 6.01. The van der Waals surface area contributed by atoms with Gasteiger partial charge < -0.3 is 5.32 Å². The van der Waals surface area contributed by atoms with Gasteiger partial charge in [0.05, 0.1) is 11.6 Å². The molecule has 3 heteroatoms. The van der Waals surface area contributed by atoms with Gasteiger partial charge in [-0.25, -0.2) is 4.99 Å². The quantitative estimate of drug-likeness (QED) is 0.780. The maximum atomic E-state index is 9.18. The van der Waals surface area contributed by atoms with Gasteiger partial charge in [0.2, 0.25) is 0 Å². The number of nitrogens with one attached hydrogen (secondary N) is 1. The van der Waals surface area contributed by atoms with E-state index in [1.807, 2.05) is 30.3 Å². The number of nitriles is 1. The van der Waals surface area contributed by atoms with Crippen LogP contribution in [0.1, 0.15) is 27.8 Å².